The number of aromatic amines is 1. The molecule has 0 amide bonds. The molecule has 3 aromatic rings. The van der Waals surface area contributed by atoms with Crippen LogP contribution in [0.1, 0.15) is 84.4 Å². The van der Waals surface area contributed by atoms with Crippen molar-refractivity contribution < 1.29 is 14.7 Å². The Bertz CT molecular complexity index is 1110. The van der Waals surface area contributed by atoms with Gasteiger partial charge in [-0.15, -0.1) is 0 Å². The number of unbranched alkanes of at least 4 members (excludes halogenated alkanes) is 1. The molecule has 1 aliphatic carbocycles. The number of carbonyl (C=O) groups is 2. The summed E-state index contributed by atoms with van der Waals surface area (Å²) < 4.78 is 0. The Kier molecular flexibility index (Phi) is 7.27. The van der Waals surface area contributed by atoms with E-state index in [9.17, 15) is 14.7 Å². The van der Waals surface area contributed by atoms with E-state index in [0.29, 0.717) is 23.7 Å². The number of aromatic nitrogens is 4. The summed E-state index contributed by atoms with van der Waals surface area (Å²) in [6.45, 7) is 2.21. The van der Waals surface area contributed by atoms with Crippen molar-refractivity contribution in [2.75, 3.05) is 0 Å². The Morgan fingerprint density at radius 3 is 2.76 bits per heavy atom. The molecule has 0 bridgehead atoms. The monoisotopic (exact) mass is 446 g/mol. The minimum absolute atomic E-state index is 0.0240. The number of pyridine rings is 1. The van der Waals surface area contributed by atoms with Gasteiger partial charge < -0.3 is 5.11 Å². The number of nitrogens with zero attached hydrogens (tertiary/aromatic N) is 3. The van der Waals surface area contributed by atoms with Crippen LogP contribution in [0.3, 0.4) is 0 Å². The first-order valence-corrected chi connectivity index (χ1v) is 11.8. The van der Waals surface area contributed by atoms with Crippen LogP contribution in [0.2, 0.25) is 0 Å². The molecule has 1 fully saturated rings. The molecule has 0 saturated heterocycles. The lowest BCUT2D eigenvalue weighted by Crippen LogP contribution is -2.24. The third kappa shape index (κ3) is 5.53. The summed E-state index contributed by atoms with van der Waals surface area (Å²) in [5, 5.41) is 16.5. The minimum Gasteiger partial charge on any atom is -0.478 e. The number of carboxylic acids is 1. The molecule has 7 nitrogen and oxygen atoms in total. The second-order valence-electron chi connectivity index (χ2n) is 8.91. The molecule has 2 heterocycles. The van der Waals surface area contributed by atoms with Gasteiger partial charge in [0.2, 0.25) is 11.6 Å². The summed E-state index contributed by atoms with van der Waals surface area (Å²) in [6.07, 6.45) is 9.91. The molecule has 2 atom stereocenters. The fraction of sp³-hybridized carbons (Fsp3) is 0.423. The zero-order valence-electron chi connectivity index (χ0n) is 19.0. The zero-order valence-corrected chi connectivity index (χ0v) is 19.0. The summed E-state index contributed by atoms with van der Waals surface area (Å²) in [4.78, 5) is 33.4. The molecule has 1 aromatic carbocycles. The molecular formula is C26H30N4O3. The Balaban J connectivity index is 1.41. The number of aromatic carboxylic acids is 1. The molecule has 0 spiro atoms. The topological polar surface area (TPSA) is 109 Å². The Hall–Kier alpha value is -3.35. The second kappa shape index (κ2) is 10.5. The molecule has 0 aliphatic heterocycles. The number of carboxylic acid groups (broad SMARTS) is 1. The van der Waals surface area contributed by atoms with Crippen molar-refractivity contribution in [2.24, 2.45) is 11.8 Å². The van der Waals surface area contributed by atoms with Crippen LogP contribution in [0.15, 0.2) is 42.6 Å². The molecule has 0 radical (unpaired) electrons. The van der Waals surface area contributed by atoms with E-state index in [1.54, 1.807) is 30.5 Å². The number of hydrogen-bond acceptors (Lipinski definition) is 5. The van der Waals surface area contributed by atoms with Crippen LogP contribution in [0.5, 0.6) is 0 Å². The van der Waals surface area contributed by atoms with Gasteiger partial charge in [-0.05, 0) is 36.5 Å². The van der Waals surface area contributed by atoms with Gasteiger partial charge in [0.25, 0.3) is 0 Å². The standard InChI is InChI=1S/C26H30N4O3/c1-2-3-7-17-8-6-9-18(14-17)24(31)25-28-23(29-30-25)15-20-13-12-19(16-27-20)21-10-4-5-11-22(21)26(32)33/h4-5,10-13,16-18H,2-3,6-9,14-15H2,1H3,(H,32,33)(H,28,29,30). The van der Waals surface area contributed by atoms with E-state index in [-0.39, 0.29) is 23.1 Å². The van der Waals surface area contributed by atoms with Crippen molar-refractivity contribution >= 4 is 11.8 Å². The van der Waals surface area contributed by atoms with Gasteiger partial charge in [0.05, 0.1) is 5.56 Å². The number of H-pyrrole nitrogens is 1. The van der Waals surface area contributed by atoms with Gasteiger partial charge in [-0.3, -0.25) is 14.9 Å². The van der Waals surface area contributed by atoms with Crippen molar-refractivity contribution in [3.63, 3.8) is 0 Å². The minimum atomic E-state index is -0.969. The van der Waals surface area contributed by atoms with E-state index in [1.165, 1.54) is 25.7 Å². The number of ketones is 1. The number of hydrogen-bond donors (Lipinski definition) is 2. The lowest BCUT2D eigenvalue weighted by Gasteiger charge is -2.27. The van der Waals surface area contributed by atoms with Crippen LogP contribution in [-0.4, -0.2) is 37.0 Å². The number of carbonyl (C=O) groups excluding carboxylic acids is 1. The normalized spacial score (nSPS) is 18.2. The summed E-state index contributed by atoms with van der Waals surface area (Å²) in [6, 6.07) is 10.6. The smallest absolute Gasteiger partial charge is 0.336 e. The van der Waals surface area contributed by atoms with Crippen molar-refractivity contribution in [1.82, 2.24) is 20.2 Å². The Morgan fingerprint density at radius 1 is 1.15 bits per heavy atom. The summed E-state index contributed by atoms with van der Waals surface area (Å²) in [7, 11) is 0. The number of Topliss-reactive ketones (excluding diaryl/α,β-unsaturated/α-hetero) is 1. The highest BCUT2D eigenvalue weighted by atomic mass is 16.4. The van der Waals surface area contributed by atoms with Crippen molar-refractivity contribution in [1.29, 1.82) is 0 Å². The quantitative estimate of drug-likeness (QED) is 0.430. The van der Waals surface area contributed by atoms with Crippen LogP contribution < -0.4 is 0 Å². The fourth-order valence-corrected chi connectivity index (χ4v) is 4.73. The number of benzene rings is 1. The summed E-state index contributed by atoms with van der Waals surface area (Å²) in [5.41, 5.74) is 2.37. The third-order valence-electron chi connectivity index (χ3n) is 6.51. The summed E-state index contributed by atoms with van der Waals surface area (Å²) >= 11 is 0. The van der Waals surface area contributed by atoms with Crippen molar-refractivity contribution in [3.05, 3.63) is 65.5 Å². The van der Waals surface area contributed by atoms with Crippen molar-refractivity contribution in [2.45, 2.75) is 58.3 Å². The van der Waals surface area contributed by atoms with E-state index >= 15 is 0 Å². The van der Waals surface area contributed by atoms with Crippen LogP contribution in [-0.2, 0) is 6.42 Å². The molecule has 7 heteroatoms. The lowest BCUT2D eigenvalue weighted by molar-refractivity contribution is 0.0697. The second-order valence-corrected chi connectivity index (χ2v) is 8.91. The van der Waals surface area contributed by atoms with E-state index < -0.39 is 5.97 Å². The van der Waals surface area contributed by atoms with Gasteiger partial charge >= 0.3 is 5.97 Å². The van der Waals surface area contributed by atoms with Crippen LogP contribution in [0.4, 0.5) is 0 Å². The van der Waals surface area contributed by atoms with Crippen molar-refractivity contribution in [3.8, 4) is 11.1 Å². The molecule has 33 heavy (non-hydrogen) atoms. The molecule has 2 N–H and O–H groups in total. The van der Waals surface area contributed by atoms with Gasteiger partial charge in [-0.2, -0.15) is 5.10 Å². The van der Waals surface area contributed by atoms with E-state index in [1.807, 2.05) is 12.1 Å². The van der Waals surface area contributed by atoms with Crippen LogP contribution in [0, 0.1) is 11.8 Å². The predicted octanol–water partition coefficient (Wildman–Crippen LogP) is 5.34. The Morgan fingerprint density at radius 2 is 2.00 bits per heavy atom. The van der Waals surface area contributed by atoms with E-state index in [2.05, 4.69) is 27.1 Å². The van der Waals surface area contributed by atoms with E-state index in [0.717, 1.165) is 30.5 Å². The molecule has 1 aliphatic rings. The maximum Gasteiger partial charge on any atom is 0.336 e. The fourth-order valence-electron chi connectivity index (χ4n) is 4.73. The Labute approximate surface area is 193 Å². The number of nitrogens with one attached hydrogen (secondary N) is 1. The van der Waals surface area contributed by atoms with E-state index in [4.69, 9.17) is 0 Å². The maximum absolute atomic E-state index is 13.0. The molecule has 172 valence electrons. The van der Waals surface area contributed by atoms with Gasteiger partial charge in [-0.25, -0.2) is 9.78 Å². The SMILES string of the molecule is CCCCC1CCCC(C(=O)c2n[nH]c(Cc3ccc(-c4ccccc4C(=O)O)cn3)n2)C1. The molecule has 1 saturated carbocycles. The van der Waals surface area contributed by atoms with Gasteiger partial charge in [0.15, 0.2) is 0 Å². The largest absolute Gasteiger partial charge is 0.478 e. The molecular weight excluding hydrogens is 416 g/mol. The zero-order chi connectivity index (χ0) is 23.2. The average molecular weight is 447 g/mol. The maximum atomic E-state index is 13.0. The average Bonchev–Trinajstić information content (AvgIpc) is 3.31. The summed E-state index contributed by atoms with van der Waals surface area (Å²) in [5.74, 6) is 0.618. The van der Waals surface area contributed by atoms with Crippen LogP contribution in [0.25, 0.3) is 11.1 Å². The van der Waals surface area contributed by atoms with Gasteiger partial charge in [0.1, 0.15) is 5.82 Å². The molecule has 2 aromatic heterocycles. The van der Waals surface area contributed by atoms with Crippen LogP contribution >= 0.6 is 0 Å². The first kappa shape index (κ1) is 22.8. The highest BCUT2D eigenvalue weighted by molar-refractivity contribution is 5.96. The predicted molar refractivity (Wildman–Crippen MR) is 125 cm³/mol. The number of rotatable bonds is 9. The lowest BCUT2D eigenvalue weighted by atomic mass is 9.77. The first-order valence-electron chi connectivity index (χ1n) is 11.8. The van der Waals surface area contributed by atoms with Gasteiger partial charge in [-0.1, -0.05) is 63.3 Å². The first-order chi connectivity index (χ1) is 16.0. The highest BCUT2D eigenvalue weighted by Crippen LogP contribution is 2.33. The third-order valence-corrected chi connectivity index (χ3v) is 6.51. The highest BCUT2D eigenvalue weighted by Gasteiger charge is 2.29. The molecule has 2 unspecified atom stereocenters. The molecule has 4 rings (SSSR count). The van der Waals surface area contributed by atoms with Gasteiger partial charge in [0, 0.05) is 29.8 Å².